The molecule has 3 heterocycles. The second-order valence-electron chi connectivity index (χ2n) is 8.84. The van der Waals surface area contributed by atoms with Gasteiger partial charge in [0, 0.05) is 17.3 Å². The molecular formula is C19H27BN2O4. The summed E-state index contributed by atoms with van der Waals surface area (Å²) in [6.45, 7) is 15.5. The summed E-state index contributed by atoms with van der Waals surface area (Å²) < 4.78 is 19.3. The average Bonchev–Trinajstić information content (AvgIpc) is 2.95. The maximum atomic E-state index is 12.5. The van der Waals surface area contributed by atoms with Gasteiger partial charge in [-0.25, -0.2) is 14.3 Å². The zero-order valence-corrected chi connectivity index (χ0v) is 16.8. The van der Waals surface area contributed by atoms with Crippen molar-refractivity contribution < 1.29 is 18.8 Å². The zero-order chi connectivity index (χ0) is 19.5. The molecule has 3 rings (SSSR count). The number of aromatic nitrogens is 2. The molecule has 1 saturated heterocycles. The quantitative estimate of drug-likeness (QED) is 0.731. The summed E-state index contributed by atoms with van der Waals surface area (Å²) in [6.07, 6.45) is 1.23. The Bertz CT molecular complexity index is 848. The molecule has 1 aliphatic heterocycles. The fourth-order valence-electron chi connectivity index (χ4n) is 2.89. The molecular weight excluding hydrogens is 331 g/mol. The van der Waals surface area contributed by atoms with Crippen molar-refractivity contribution in [1.29, 1.82) is 0 Å². The van der Waals surface area contributed by atoms with E-state index in [0.29, 0.717) is 5.65 Å². The van der Waals surface area contributed by atoms with Crippen LogP contribution in [-0.2, 0) is 14.0 Å². The highest BCUT2D eigenvalue weighted by Crippen LogP contribution is 2.37. The Morgan fingerprint density at radius 1 is 1.19 bits per heavy atom. The van der Waals surface area contributed by atoms with Crippen molar-refractivity contribution in [1.82, 2.24) is 9.55 Å². The number of carbonyl (C=O) groups is 1. The van der Waals surface area contributed by atoms with Gasteiger partial charge in [0.1, 0.15) is 11.2 Å². The van der Waals surface area contributed by atoms with Crippen LogP contribution in [0.5, 0.6) is 0 Å². The van der Waals surface area contributed by atoms with Gasteiger partial charge in [0.05, 0.1) is 11.2 Å². The standard InChI is InChI=1S/C19H27BN2O4/c1-12-11-14(20-25-18(5,6)19(7,8)26-20)13-9-10-22(15(13)21-12)16(23)24-17(2,3)4/h9-11H,1-8H3. The lowest BCUT2D eigenvalue weighted by Gasteiger charge is -2.32. The van der Waals surface area contributed by atoms with Crippen LogP contribution in [0.3, 0.4) is 0 Å². The number of carbonyl (C=O) groups excluding carboxylic acids is 1. The minimum atomic E-state index is -0.577. The van der Waals surface area contributed by atoms with Gasteiger partial charge in [-0.1, -0.05) is 0 Å². The summed E-state index contributed by atoms with van der Waals surface area (Å²) in [5.74, 6) is 0. The highest BCUT2D eigenvalue weighted by molar-refractivity contribution is 6.65. The molecule has 0 amide bonds. The van der Waals surface area contributed by atoms with Gasteiger partial charge in [0.25, 0.3) is 0 Å². The molecule has 0 aromatic carbocycles. The SMILES string of the molecule is Cc1cc(B2OC(C)(C)C(C)(C)O2)c2ccn(C(=O)OC(C)(C)C)c2n1. The van der Waals surface area contributed by atoms with E-state index >= 15 is 0 Å². The van der Waals surface area contributed by atoms with Crippen LogP contribution in [0, 0.1) is 6.92 Å². The van der Waals surface area contributed by atoms with E-state index in [1.807, 2.05) is 67.5 Å². The van der Waals surface area contributed by atoms with Crippen LogP contribution in [0.1, 0.15) is 54.2 Å². The number of rotatable bonds is 1. The number of fused-ring (bicyclic) bond motifs is 1. The van der Waals surface area contributed by atoms with Gasteiger partial charge in [0.2, 0.25) is 0 Å². The van der Waals surface area contributed by atoms with E-state index in [1.54, 1.807) is 6.20 Å². The summed E-state index contributed by atoms with van der Waals surface area (Å²) in [6, 6.07) is 3.80. The van der Waals surface area contributed by atoms with Gasteiger partial charge >= 0.3 is 13.2 Å². The van der Waals surface area contributed by atoms with E-state index in [0.717, 1.165) is 16.5 Å². The maximum Gasteiger partial charge on any atom is 0.495 e. The van der Waals surface area contributed by atoms with Gasteiger partial charge in [-0.3, -0.25) is 0 Å². The second kappa shape index (κ2) is 5.82. The van der Waals surface area contributed by atoms with E-state index in [4.69, 9.17) is 14.0 Å². The van der Waals surface area contributed by atoms with E-state index in [-0.39, 0.29) is 0 Å². The van der Waals surface area contributed by atoms with Crippen LogP contribution < -0.4 is 5.46 Å². The molecule has 2 aromatic heterocycles. The Kier molecular flexibility index (Phi) is 4.24. The summed E-state index contributed by atoms with van der Waals surface area (Å²) >= 11 is 0. The van der Waals surface area contributed by atoms with Crippen LogP contribution in [-0.4, -0.2) is 39.6 Å². The van der Waals surface area contributed by atoms with Crippen molar-refractivity contribution in [3.63, 3.8) is 0 Å². The minimum absolute atomic E-state index is 0.436. The molecule has 0 spiro atoms. The fraction of sp³-hybridized carbons (Fsp3) is 0.579. The van der Waals surface area contributed by atoms with E-state index in [2.05, 4.69) is 4.98 Å². The molecule has 1 fully saturated rings. The van der Waals surface area contributed by atoms with Gasteiger partial charge in [0.15, 0.2) is 0 Å². The van der Waals surface area contributed by atoms with Crippen LogP contribution >= 0.6 is 0 Å². The van der Waals surface area contributed by atoms with Crippen molar-refractivity contribution in [2.45, 2.75) is 72.2 Å². The number of aryl methyl sites for hydroxylation is 1. The minimum Gasteiger partial charge on any atom is -0.443 e. The first-order valence-corrected chi connectivity index (χ1v) is 8.88. The molecule has 0 N–H and O–H groups in total. The number of hydrogen-bond acceptors (Lipinski definition) is 5. The summed E-state index contributed by atoms with van der Waals surface area (Å²) in [7, 11) is -0.515. The Balaban J connectivity index is 2.06. The van der Waals surface area contributed by atoms with Gasteiger partial charge < -0.3 is 14.0 Å². The maximum absolute atomic E-state index is 12.5. The zero-order valence-electron chi connectivity index (χ0n) is 16.8. The molecule has 7 heteroatoms. The van der Waals surface area contributed by atoms with Crippen molar-refractivity contribution >= 4 is 29.7 Å². The molecule has 0 unspecified atom stereocenters. The molecule has 0 radical (unpaired) electrons. The number of ether oxygens (including phenoxy) is 1. The molecule has 1 aliphatic rings. The smallest absolute Gasteiger partial charge is 0.443 e. The van der Waals surface area contributed by atoms with Gasteiger partial charge in [-0.2, -0.15) is 0 Å². The fourth-order valence-corrected chi connectivity index (χ4v) is 2.89. The molecule has 0 saturated carbocycles. The van der Waals surface area contributed by atoms with Crippen molar-refractivity contribution in [2.75, 3.05) is 0 Å². The molecule has 140 valence electrons. The highest BCUT2D eigenvalue weighted by atomic mass is 16.7. The molecule has 6 nitrogen and oxygen atoms in total. The number of hydrogen-bond donors (Lipinski definition) is 0. The van der Waals surface area contributed by atoms with Crippen molar-refractivity contribution in [2.24, 2.45) is 0 Å². The Morgan fingerprint density at radius 2 is 1.77 bits per heavy atom. The van der Waals surface area contributed by atoms with Crippen LogP contribution in [0.2, 0.25) is 0 Å². The third kappa shape index (κ3) is 3.26. The summed E-state index contributed by atoms with van der Waals surface area (Å²) in [5.41, 5.74) is 0.749. The molecule has 2 aromatic rings. The Hall–Kier alpha value is -1.86. The number of nitrogens with zero attached hydrogens (tertiary/aromatic N) is 2. The van der Waals surface area contributed by atoms with Gasteiger partial charge in [-0.05, 0) is 73.0 Å². The van der Waals surface area contributed by atoms with E-state index < -0.39 is 30.0 Å². The van der Waals surface area contributed by atoms with Crippen LogP contribution in [0.4, 0.5) is 4.79 Å². The first-order valence-electron chi connectivity index (χ1n) is 8.88. The third-order valence-corrected chi connectivity index (χ3v) is 4.91. The molecule has 0 bridgehead atoms. The Labute approximate surface area is 155 Å². The first-order chi connectivity index (χ1) is 11.8. The predicted molar refractivity (Wildman–Crippen MR) is 102 cm³/mol. The van der Waals surface area contributed by atoms with Crippen LogP contribution in [0.15, 0.2) is 18.3 Å². The van der Waals surface area contributed by atoms with Gasteiger partial charge in [-0.15, -0.1) is 0 Å². The third-order valence-electron chi connectivity index (χ3n) is 4.91. The molecule has 26 heavy (non-hydrogen) atoms. The van der Waals surface area contributed by atoms with E-state index in [1.165, 1.54) is 4.57 Å². The topological polar surface area (TPSA) is 62.6 Å². The summed E-state index contributed by atoms with van der Waals surface area (Å²) in [5, 5.41) is 0.819. The average molecular weight is 358 g/mol. The lowest BCUT2D eigenvalue weighted by Crippen LogP contribution is -2.41. The first kappa shape index (κ1) is 18.9. The Morgan fingerprint density at radius 3 is 2.31 bits per heavy atom. The largest absolute Gasteiger partial charge is 0.495 e. The predicted octanol–water partition coefficient (Wildman–Crippen LogP) is 3.43. The normalized spacial score (nSPS) is 19.2. The lowest BCUT2D eigenvalue weighted by atomic mass is 9.77. The summed E-state index contributed by atoms with van der Waals surface area (Å²) in [4.78, 5) is 17.1. The monoisotopic (exact) mass is 358 g/mol. The van der Waals surface area contributed by atoms with Crippen molar-refractivity contribution in [3.8, 4) is 0 Å². The molecule has 0 atom stereocenters. The van der Waals surface area contributed by atoms with E-state index in [9.17, 15) is 4.79 Å². The second-order valence-corrected chi connectivity index (χ2v) is 8.84. The van der Waals surface area contributed by atoms with Crippen LogP contribution in [0.25, 0.3) is 11.0 Å². The number of pyridine rings is 1. The lowest BCUT2D eigenvalue weighted by molar-refractivity contribution is 0.00578. The molecule has 0 aliphatic carbocycles. The highest BCUT2D eigenvalue weighted by Gasteiger charge is 2.52. The van der Waals surface area contributed by atoms with Crippen molar-refractivity contribution in [3.05, 3.63) is 24.0 Å².